The van der Waals surface area contributed by atoms with E-state index >= 15 is 0 Å². The zero-order chi connectivity index (χ0) is 7.72. The van der Waals surface area contributed by atoms with E-state index in [1.54, 1.807) is 6.92 Å². The van der Waals surface area contributed by atoms with Crippen molar-refractivity contribution in [2.75, 3.05) is 0 Å². The van der Waals surface area contributed by atoms with Crippen LogP contribution in [0.5, 0.6) is 0 Å². The molecule has 0 heterocycles. The second-order valence-corrected chi connectivity index (χ2v) is 2.77. The lowest BCUT2D eigenvalue weighted by molar-refractivity contribution is 0.516. The molecule has 10 heavy (non-hydrogen) atoms. The molecule has 0 aromatic carbocycles. The third-order valence-electron chi connectivity index (χ3n) is 1.53. The van der Waals surface area contributed by atoms with Crippen LogP contribution in [-0.4, -0.2) is 0 Å². The predicted molar refractivity (Wildman–Crippen MR) is 37.0 cm³/mol. The van der Waals surface area contributed by atoms with Crippen LogP contribution >= 0.6 is 11.6 Å². The Bertz CT molecular complexity index is 192. The van der Waals surface area contributed by atoms with E-state index < -0.39 is 11.7 Å². The smallest absolute Gasteiger partial charge is 0.173 e. The van der Waals surface area contributed by atoms with Crippen LogP contribution in [0.25, 0.3) is 0 Å². The van der Waals surface area contributed by atoms with Crippen molar-refractivity contribution < 1.29 is 8.78 Å². The van der Waals surface area contributed by atoms with Crippen molar-refractivity contribution in [2.24, 2.45) is 0 Å². The molecule has 0 aromatic rings. The van der Waals surface area contributed by atoms with Crippen molar-refractivity contribution in [3.63, 3.8) is 0 Å². The fourth-order valence-electron chi connectivity index (χ4n) is 0.823. The van der Waals surface area contributed by atoms with Crippen molar-refractivity contribution in [3.8, 4) is 0 Å². The molecule has 0 aliphatic heterocycles. The largest absolute Gasteiger partial charge is 0.204 e. The van der Waals surface area contributed by atoms with Gasteiger partial charge in [-0.05, 0) is 25.3 Å². The van der Waals surface area contributed by atoms with Crippen LogP contribution in [-0.2, 0) is 0 Å². The van der Waals surface area contributed by atoms with E-state index in [0.29, 0.717) is 18.4 Å². The molecule has 1 aliphatic rings. The Kier molecular flexibility index (Phi) is 2.09. The molecule has 1 aliphatic carbocycles. The summed E-state index contributed by atoms with van der Waals surface area (Å²) in [6.07, 6.45) is 0.949. The molecule has 0 fully saturated rings. The molecule has 0 amide bonds. The molecule has 56 valence electrons. The van der Waals surface area contributed by atoms with Crippen LogP contribution in [0, 0.1) is 0 Å². The molecular formula is C7H7ClF2. The second-order valence-electron chi connectivity index (χ2n) is 2.31. The first-order valence-electron chi connectivity index (χ1n) is 3.02. The summed E-state index contributed by atoms with van der Waals surface area (Å²) in [5.74, 6) is -1.67. The summed E-state index contributed by atoms with van der Waals surface area (Å²) < 4.78 is 25.1. The molecule has 3 heteroatoms. The van der Waals surface area contributed by atoms with E-state index in [1.807, 2.05) is 0 Å². The topological polar surface area (TPSA) is 0 Å². The third-order valence-corrected chi connectivity index (χ3v) is 1.88. The Morgan fingerprint density at radius 2 is 1.80 bits per heavy atom. The van der Waals surface area contributed by atoms with E-state index in [-0.39, 0.29) is 5.03 Å². The Morgan fingerprint density at radius 1 is 1.20 bits per heavy atom. The predicted octanol–water partition coefficient (Wildman–Crippen LogP) is 3.44. The second kappa shape index (κ2) is 2.70. The summed E-state index contributed by atoms with van der Waals surface area (Å²) >= 11 is 5.36. The summed E-state index contributed by atoms with van der Waals surface area (Å²) in [5.41, 5.74) is 0.446. The maximum absolute atomic E-state index is 12.6. The lowest BCUT2D eigenvalue weighted by atomic mass is 10.1. The van der Waals surface area contributed by atoms with Gasteiger partial charge in [0, 0.05) is 0 Å². The zero-order valence-electron chi connectivity index (χ0n) is 5.55. The third kappa shape index (κ3) is 1.21. The van der Waals surface area contributed by atoms with Crippen LogP contribution in [0.15, 0.2) is 22.3 Å². The average molecular weight is 165 g/mol. The van der Waals surface area contributed by atoms with Gasteiger partial charge in [-0.3, -0.25) is 0 Å². The molecule has 0 unspecified atom stereocenters. The summed E-state index contributed by atoms with van der Waals surface area (Å²) in [4.78, 5) is 0. The van der Waals surface area contributed by atoms with E-state index in [4.69, 9.17) is 11.6 Å². The average Bonchev–Trinajstić information content (AvgIpc) is 1.93. The Labute approximate surface area is 63.2 Å². The number of hydrogen-bond donors (Lipinski definition) is 0. The minimum absolute atomic E-state index is 0.00287. The highest BCUT2D eigenvalue weighted by molar-refractivity contribution is 6.30. The number of hydrogen-bond acceptors (Lipinski definition) is 0. The van der Waals surface area contributed by atoms with E-state index in [9.17, 15) is 8.78 Å². The van der Waals surface area contributed by atoms with Gasteiger partial charge in [0.25, 0.3) is 0 Å². The van der Waals surface area contributed by atoms with Crippen molar-refractivity contribution >= 4 is 11.6 Å². The first-order chi connectivity index (χ1) is 4.63. The molecule has 0 spiro atoms. The van der Waals surface area contributed by atoms with Gasteiger partial charge in [-0.1, -0.05) is 11.6 Å². The molecule has 1 rings (SSSR count). The lowest BCUT2D eigenvalue weighted by Gasteiger charge is -2.09. The Hall–Kier alpha value is -0.370. The molecule has 0 saturated carbocycles. The Morgan fingerprint density at radius 3 is 2.30 bits per heavy atom. The molecule has 0 bridgehead atoms. The first kappa shape index (κ1) is 7.73. The van der Waals surface area contributed by atoms with Crippen LogP contribution in [0.1, 0.15) is 19.8 Å². The van der Waals surface area contributed by atoms with Gasteiger partial charge >= 0.3 is 0 Å². The first-order valence-corrected chi connectivity index (χ1v) is 3.40. The van der Waals surface area contributed by atoms with Gasteiger partial charge in [-0.2, -0.15) is 0 Å². The highest BCUT2D eigenvalue weighted by Gasteiger charge is 2.17. The monoisotopic (exact) mass is 164 g/mol. The van der Waals surface area contributed by atoms with Crippen molar-refractivity contribution in [1.82, 2.24) is 0 Å². The van der Waals surface area contributed by atoms with Gasteiger partial charge in [0.15, 0.2) is 11.7 Å². The maximum atomic E-state index is 12.6. The number of rotatable bonds is 0. The number of halogens is 3. The fourth-order valence-corrected chi connectivity index (χ4v) is 1.00. The molecule has 0 saturated heterocycles. The van der Waals surface area contributed by atoms with Gasteiger partial charge in [-0.15, -0.1) is 0 Å². The van der Waals surface area contributed by atoms with Crippen LogP contribution in [0.2, 0.25) is 0 Å². The summed E-state index contributed by atoms with van der Waals surface area (Å²) in [6, 6.07) is 0. The normalized spacial score (nSPS) is 20.4. The van der Waals surface area contributed by atoms with E-state index in [0.717, 1.165) is 0 Å². The maximum Gasteiger partial charge on any atom is 0.173 e. The highest BCUT2D eigenvalue weighted by atomic mass is 35.5. The quantitative estimate of drug-likeness (QED) is 0.515. The lowest BCUT2D eigenvalue weighted by Crippen LogP contribution is -1.94. The van der Waals surface area contributed by atoms with Crippen molar-refractivity contribution in [2.45, 2.75) is 19.8 Å². The summed E-state index contributed by atoms with van der Waals surface area (Å²) in [6.45, 7) is 1.57. The Balaban J connectivity index is 3.01. The van der Waals surface area contributed by atoms with Crippen LogP contribution < -0.4 is 0 Å². The summed E-state index contributed by atoms with van der Waals surface area (Å²) in [5, 5.41) is 0.00287. The minimum Gasteiger partial charge on any atom is -0.204 e. The van der Waals surface area contributed by atoms with Crippen molar-refractivity contribution in [3.05, 3.63) is 22.3 Å². The van der Waals surface area contributed by atoms with Gasteiger partial charge in [-0.25, -0.2) is 8.78 Å². The van der Waals surface area contributed by atoms with Gasteiger partial charge in [0.1, 0.15) is 0 Å². The number of allylic oxidation sites excluding steroid dienone is 4. The standard InChI is InChI=1S/C7H7ClF2/c1-4-2-3-5(8)7(10)6(4)9/h2-3H2,1H3. The minimum atomic E-state index is -0.884. The van der Waals surface area contributed by atoms with Crippen molar-refractivity contribution in [1.29, 1.82) is 0 Å². The van der Waals surface area contributed by atoms with Crippen LogP contribution in [0.3, 0.4) is 0 Å². The van der Waals surface area contributed by atoms with E-state index in [1.165, 1.54) is 0 Å². The summed E-state index contributed by atoms with van der Waals surface area (Å²) in [7, 11) is 0. The molecule has 0 nitrogen and oxygen atoms in total. The molecule has 0 radical (unpaired) electrons. The van der Waals surface area contributed by atoms with Gasteiger partial charge in [0.2, 0.25) is 0 Å². The SMILES string of the molecule is CC1=C(F)C(F)=C(Cl)CC1. The van der Waals surface area contributed by atoms with Gasteiger partial charge in [0.05, 0.1) is 5.03 Å². The van der Waals surface area contributed by atoms with E-state index in [2.05, 4.69) is 0 Å². The van der Waals surface area contributed by atoms with Crippen LogP contribution in [0.4, 0.5) is 8.78 Å². The molecule has 0 atom stereocenters. The molecule has 0 N–H and O–H groups in total. The molecule has 0 aromatic heterocycles. The molecular weight excluding hydrogens is 158 g/mol. The highest BCUT2D eigenvalue weighted by Crippen LogP contribution is 2.33. The van der Waals surface area contributed by atoms with Gasteiger partial charge < -0.3 is 0 Å². The zero-order valence-corrected chi connectivity index (χ0v) is 6.30. The fraction of sp³-hybridized carbons (Fsp3) is 0.429.